The summed E-state index contributed by atoms with van der Waals surface area (Å²) >= 11 is 0. The van der Waals surface area contributed by atoms with Crippen LogP contribution in [0.1, 0.15) is 32.1 Å². The van der Waals surface area contributed by atoms with E-state index in [1.54, 1.807) is 18.2 Å². The Kier molecular flexibility index (Phi) is 12.5. The van der Waals surface area contributed by atoms with E-state index >= 15 is 4.39 Å². The first-order chi connectivity index (χ1) is 25.1. The summed E-state index contributed by atoms with van der Waals surface area (Å²) in [4.78, 5) is 42.4. The van der Waals surface area contributed by atoms with E-state index in [1.165, 1.54) is 49.7 Å². The zero-order valence-corrected chi connectivity index (χ0v) is 28.4. The number of rotatable bonds is 18. The first kappa shape index (κ1) is 37.9. The third-order valence-corrected chi connectivity index (χ3v) is 8.57. The minimum absolute atomic E-state index is 0.113. The number of ether oxygens (including phenoxy) is 4. The number of methoxy groups -OCH3 is 1. The summed E-state index contributed by atoms with van der Waals surface area (Å²) in [6, 6.07) is 13.1. The molecule has 1 aromatic heterocycles. The number of amides is 2. The van der Waals surface area contributed by atoms with E-state index < -0.39 is 46.8 Å². The number of hydrogen-bond donors (Lipinski definition) is 5. The van der Waals surface area contributed by atoms with Crippen LogP contribution in [0.4, 0.5) is 20.2 Å². The normalized spacial score (nSPS) is 13.7. The number of carbonyl (C=O) groups excluding carboxylic acids is 3. The van der Waals surface area contributed by atoms with Crippen molar-refractivity contribution < 1.29 is 52.3 Å². The Morgan fingerprint density at radius 1 is 0.885 bits per heavy atom. The molecule has 1 unspecified atom stereocenters. The fourth-order valence-electron chi connectivity index (χ4n) is 5.22. The molecular weight excluding hydrogens is 682 g/mol. The van der Waals surface area contributed by atoms with Gasteiger partial charge in [-0.25, -0.2) is 8.78 Å². The van der Waals surface area contributed by atoms with Gasteiger partial charge in [-0.1, -0.05) is 0 Å². The molecule has 1 saturated carbocycles. The molecule has 6 N–H and O–H groups in total. The van der Waals surface area contributed by atoms with Crippen LogP contribution >= 0.6 is 0 Å². The lowest BCUT2D eigenvalue weighted by Crippen LogP contribution is -2.35. The molecule has 15 heteroatoms. The maximum atomic E-state index is 15.3. The van der Waals surface area contributed by atoms with Gasteiger partial charge in [0.1, 0.15) is 23.0 Å². The van der Waals surface area contributed by atoms with Gasteiger partial charge in [-0.15, -0.1) is 0 Å². The van der Waals surface area contributed by atoms with Gasteiger partial charge in [-0.05, 0) is 80.6 Å². The van der Waals surface area contributed by atoms with Crippen LogP contribution in [-0.4, -0.2) is 72.6 Å². The van der Waals surface area contributed by atoms with Crippen LogP contribution in [0, 0.1) is 23.0 Å². The zero-order chi connectivity index (χ0) is 37.3. The van der Waals surface area contributed by atoms with Crippen molar-refractivity contribution in [2.75, 3.05) is 44.2 Å². The Hall–Kier alpha value is -5.38. The Morgan fingerprint density at radius 3 is 2.23 bits per heavy atom. The molecule has 0 aliphatic heterocycles. The molecule has 1 atom stereocenters. The van der Waals surface area contributed by atoms with Crippen LogP contribution < -0.4 is 30.6 Å². The van der Waals surface area contributed by atoms with E-state index in [1.807, 2.05) is 0 Å². The number of nitrogens with two attached hydrogens (primary N) is 1. The van der Waals surface area contributed by atoms with Crippen LogP contribution in [0.15, 0.2) is 66.9 Å². The van der Waals surface area contributed by atoms with Gasteiger partial charge in [0.15, 0.2) is 23.1 Å². The first-order valence-electron chi connectivity index (χ1n) is 16.7. The lowest BCUT2D eigenvalue weighted by molar-refractivity contribution is -0.147. The number of anilines is 2. The van der Waals surface area contributed by atoms with Crippen molar-refractivity contribution in [1.82, 2.24) is 4.98 Å². The molecule has 5 rings (SSSR count). The molecule has 52 heavy (non-hydrogen) atoms. The number of esters is 1. The van der Waals surface area contributed by atoms with Crippen molar-refractivity contribution in [2.45, 2.75) is 38.1 Å². The summed E-state index contributed by atoms with van der Waals surface area (Å²) in [7, 11) is 1.47. The smallest absolute Gasteiger partial charge is 0.322 e. The summed E-state index contributed by atoms with van der Waals surface area (Å²) in [6.07, 6.45) is 3.60. The van der Waals surface area contributed by atoms with E-state index in [2.05, 4.69) is 15.6 Å². The van der Waals surface area contributed by atoms with Crippen LogP contribution in [0.2, 0.25) is 0 Å². The van der Waals surface area contributed by atoms with Crippen molar-refractivity contribution in [1.29, 1.82) is 0 Å². The van der Waals surface area contributed by atoms with E-state index in [0.717, 1.165) is 6.07 Å². The van der Waals surface area contributed by atoms with Crippen LogP contribution in [0.5, 0.6) is 23.0 Å². The predicted octanol–water partition coefficient (Wildman–Crippen LogP) is 4.69. The highest BCUT2D eigenvalue weighted by molar-refractivity contribution is 6.16. The van der Waals surface area contributed by atoms with Crippen LogP contribution in [0.3, 0.4) is 0 Å². The quantitative estimate of drug-likeness (QED) is 0.0544. The average molecular weight is 723 g/mol. The van der Waals surface area contributed by atoms with Crippen molar-refractivity contribution in [3.05, 3.63) is 78.5 Å². The minimum Gasteiger partial charge on any atom is -0.493 e. The summed E-state index contributed by atoms with van der Waals surface area (Å²) < 4.78 is 50.9. The molecule has 0 radical (unpaired) electrons. The van der Waals surface area contributed by atoms with Gasteiger partial charge >= 0.3 is 5.97 Å². The second-order valence-corrected chi connectivity index (χ2v) is 12.4. The van der Waals surface area contributed by atoms with Gasteiger partial charge in [-0.3, -0.25) is 19.4 Å². The number of unbranched alkanes of at least 4 members (excludes halogenated alkanes) is 1. The number of carbonyl (C=O) groups is 3. The van der Waals surface area contributed by atoms with Gasteiger partial charge in [0.2, 0.25) is 11.8 Å². The number of nitrogens with zero attached hydrogens (tertiary/aromatic N) is 1. The van der Waals surface area contributed by atoms with Gasteiger partial charge in [0, 0.05) is 41.0 Å². The van der Waals surface area contributed by atoms with Crippen molar-refractivity contribution in [2.24, 2.45) is 17.1 Å². The highest BCUT2D eigenvalue weighted by Crippen LogP contribution is 2.47. The number of aliphatic hydroxyl groups is 2. The zero-order valence-electron chi connectivity index (χ0n) is 28.4. The number of hydrogen-bond acceptors (Lipinski definition) is 11. The molecule has 1 heterocycles. The second-order valence-electron chi connectivity index (χ2n) is 12.4. The number of pyridine rings is 1. The number of fused-ring (bicyclic) bond motifs is 1. The third-order valence-electron chi connectivity index (χ3n) is 8.57. The summed E-state index contributed by atoms with van der Waals surface area (Å²) in [5, 5.41) is 23.9. The molecule has 3 aromatic carbocycles. The van der Waals surface area contributed by atoms with E-state index in [-0.39, 0.29) is 43.6 Å². The fraction of sp³-hybridized carbons (Fsp3) is 0.351. The highest BCUT2D eigenvalue weighted by Gasteiger charge is 2.56. The van der Waals surface area contributed by atoms with Crippen LogP contribution in [0.25, 0.3) is 10.9 Å². The molecule has 1 fully saturated rings. The average Bonchev–Trinajstić information content (AvgIpc) is 3.96. The molecule has 1 aliphatic carbocycles. The number of aliphatic hydroxyl groups excluding tert-OH is 2. The Bertz CT molecular complexity index is 1890. The minimum atomic E-state index is -1.31. The summed E-state index contributed by atoms with van der Waals surface area (Å²) in [5.41, 5.74) is 5.57. The number of nitrogens with one attached hydrogen (secondary N) is 2. The van der Waals surface area contributed by atoms with Gasteiger partial charge < -0.3 is 45.5 Å². The second kappa shape index (κ2) is 17.2. The topological polar surface area (TPSA) is 192 Å². The van der Waals surface area contributed by atoms with Crippen molar-refractivity contribution in [3.8, 4) is 23.0 Å². The molecular formula is C37H40F2N4O9. The largest absolute Gasteiger partial charge is 0.493 e. The molecule has 1 aliphatic rings. The highest BCUT2D eigenvalue weighted by atomic mass is 19.1. The van der Waals surface area contributed by atoms with Gasteiger partial charge in [0.05, 0.1) is 39.1 Å². The standard InChI is InChI=1S/C37H40F2N4O9/c1-49-32-17-26-29(18-33(32)50-15-3-2-4-28(40)34(46)51-21-22(19-44)20-45)41-14-11-30(26)52-31-10-9-25(16-27(31)39)43-36(48)37(12-13-37)35(47)42-24-7-5-23(38)6-8-24/h5-11,14,16-18,22,28,44-45H,2-4,12-13,15,19-21,40H2,1H3,(H,42,47)(H,43,48). The van der Waals surface area contributed by atoms with Gasteiger partial charge in [0.25, 0.3) is 0 Å². The number of aromatic nitrogens is 1. The van der Waals surface area contributed by atoms with E-state index in [0.29, 0.717) is 60.2 Å². The molecule has 2 amide bonds. The molecule has 13 nitrogen and oxygen atoms in total. The van der Waals surface area contributed by atoms with Gasteiger partial charge in [-0.2, -0.15) is 0 Å². The first-order valence-corrected chi connectivity index (χ1v) is 16.7. The van der Waals surface area contributed by atoms with E-state index in [9.17, 15) is 18.8 Å². The van der Waals surface area contributed by atoms with Crippen molar-refractivity contribution >= 4 is 40.1 Å². The maximum Gasteiger partial charge on any atom is 0.322 e. The summed E-state index contributed by atoms with van der Waals surface area (Å²) in [5.74, 6) is -2.53. The SMILES string of the molecule is COc1cc2c(Oc3ccc(NC(=O)C4(C(=O)Nc5ccc(F)cc5)CC4)cc3F)ccnc2cc1OCCCCC(N)C(=O)OCC(CO)CO. The molecule has 4 aromatic rings. The Labute approximate surface area is 298 Å². The molecule has 0 saturated heterocycles. The van der Waals surface area contributed by atoms with Crippen molar-refractivity contribution in [3.63, 3.8) is 0 Å². The molecule has 0 spiro atoms. The summed E-state index contributed by atoms with van der Waals surface area (Å²) in [6.45, 7) is -0.439. The lowest BCUT2D eigenvalue weighted by atomic mass is 10.0. The Balaban J connectivity index is 1.16. The number of halogens is 2. The monoisotopic (exact) mass is 722 g/mol. The fourth-order valence-corrected chi connectivity index (χ4v) is 5.22. The Morgan fingerprint density at radius 2 is 1.58 bits per heavy atom. The predicted molar refractivity (Wildman–Crippen MR) is 186 cm³/mol. The molecule has 0 bridgehead atoms. The molecule has 276 valence electrons. The third kappa shape index (κ3) is 9.29. The van der Waals surface area contributed by atoms with Crippen LogP contribution in [-0.2, 0) is 19.1 Å². The van der Waals surface area contributed by atoms with E-state index in [4.69, 9.17) is 34.9 Å². The number of benzene rings is 3. The lowest BCUT2D eigenvalue weighted by Gasteiger charge is -2.16. The maximum absolute atomic E-state index is 15.3.